The smallest absolute Gasteiger partial charge is 0.220 e. The van der Waals surface area contributed by atoms with Gasteiger partial charge in [0.1, 0.15) is 0 Å². The van der Waals surface area contributed by atoms with Crippen molar-refractivity contribution in [3.63, 3.8) is 0 Å². The van der Waals surface area contributed by atoms with Crippen LogP contribution >= 0.6 is 12.4 Å². The lowest BCUT2D eigenvalue weighted by Crippen LogP contribution is -2.58. The quantitative estimate of drug-likeness (QED) is 0.808. The molecule has 0 aromatic carbocycles. The van der Waals surface area contributed by atoms with Crippen LogP contribution in [0.25, 0.3) is 0 Å². The molecule has 2 atom stereocenters. The fourth-order valence-electron chi connectivity index (χ4n) is 6.17. The Morgan fingerprint density at radius 1 is 1.09 bits per heavy atom. The lowest BCUT2D eigenvalue weighted by molar-refractivity contribution is -0.125. The lowest BCUT2D eigenvalue weighted by Gasteiger charge is -2.56. The molecule has 4 aliphatic heterocycles. The van der Waals surface area contributed by atoms with Crippen LogP contribution in [0.15, 0.2) is 0 Å². The number of rotatable bonds is 2. The lowest BCUT2D eigenvalue weighted by atomic mass is 9.54. The molecular formula is C18H32ClN3O. The molecule has 1 unspecified atom stereocenters. The number of primary amides is 1. The molecule has 1 aliphatic carbocycles. The van der Waals surface area contributed by atoms with Crippen molar-refractivity contribution < 1.29 is 4.79 Å². The van der Waals surface area contributed by atoms with E-state index in [1.165, 1.54) is 64.8 Å². The molecule has 5 heteroatoms. The molecule has 0 aromatic heterocycles. The van der Waals surface area contributed by atoms with Gasteiger partial charge >= 0.3 is 0 Å². The average molecular weight is 342 g/mol. The summed E-state index contributed by atoms with van der Waals surface area (Å²) in [5.41, 5.74) is 6.05. The molecule has 3 N–H and O–H groups in total. The first-order chi connectivity index (χ1) is 10.7. The summed E-state index contributed by atoms with van der Waals surface area (Å²) < 4.78 is 0. The van der Waals surface area contributed by atoms with Crippen molar-refractivity contribution in [2.45, 2.75) is 44.9 Å². The third kappa shape index (κ3) is 3.14. The van der Waals surface area contributed by atoms with Gasteiger partial charge in [-0.25, -0.2) is 0 Å². The predicted octanol–water partition coefficient (Wildman–Crippen LogP) is 2.02. The number of nitrogens with one attached hydrogen (secondary N) is 1. The van der Waals surface area contributed by atoms with Crippen molar-refractivity contribution in [2.24, 2.45) is 34.8 Å². The summed E-state index contributed by atoms with van der Waals surface area (Å²) in [6, 6.07) is 0. The summed E-state index contributed by atoms with van der Waals surface area (Å²) in [4.78, 5) is 14.2. The molecule has 23 heavy (non-hydrogen) atoms. The van der Waals surface area contributed by atoms with Gasteiger partial charge in [0.05, 0.1) is 0 Å². The van der Waals surface area contributed by atoms with E-state index in [1.54, 1.807) is 0 Å². The minimum Gasteiger partial charge on any atom is -0.369 e. The summed E-state index contributed by atoms with van der Waals surface area (Å²) in [6.45, 7) is 6.36. The van der Waals surface area contributed by atoms with Crippen molar-refractivity contribution >= 4 is 18.3 Å². The molecule has 1 spiro atoms. The van der Waals surface area contributed by atoms with E-state index in [1.807, 2.05) is 0 Å². The van der Waals surface area contributed by atoms with Crippen LogP contribution in [0.3, 0.4) is 0 Å². The molecule has 4 heterocycles. The summed E-state index contributed by atoms with van der Waals surface area (Å²) in [5, 5.41) is 3.69. The highest BCUT2D eigenvalue weighted by Gasteiger charge is 2.50. The standard InChI is InChI=1S/C18H31N3O.ClH/c19-17(22)14-1-5-18(6-2-14)7-8-20-11-16(18)15-12-21-9-3-13(15)4-10-21;/h13-16,20H,1-12H2,(H2,19,22);1H/t14?,15-,16?,18?;/m0./s1. The van der Waals surface area contributed by atoms with Crippen LogP contribution in [0, 0.1) is 29.1 Å². The number of nitrogens with zero attached hydrogens (tertiary/aromatic N) is 1. The molecule has 1 saturated carbocycles. The topological polar surface area (TPSA) is 58.4 Å². The van der Waals surface area contributed by atoms with Gasteiger partial charge in [0.2, 0.25) is 5.91 Å². The largest absolute Gasteiger partial charge is 0.369 e. The Hall–Kier alpha value is -0.320. The van der Waals surface area contributed by atoms with Crippen LogP contribution in [0.5, 0.6) is 0 Å². The number of piperidine rings is 4. The van der Waals surface area contributed by atoms with Crippen molar-refractivity contribution in [2.75, 3.05) is 32.7 Å². The second kappa shape index (κ2) is 6.89. The van der Waals surface area contributed by atoms with Crippen LogP contribution in [-0.2, 0) is 4.79 Å². The number of nitrogens with two attached hydrogens (primary N) is 1. The number of hydrogen-bond acceptors (Lipinski definition) is 3. The van der Waals surface area contributed by atoms with Gasteiger partial charge in [-0.1, -0.05) is 0 Å². The van der Waals surface area contributed by atoms with Crippen molar-refractivity contribution in [1.82, 2.24) is 10.2 Å². The van der Waals surface area contributed by atoms with Gasteiger partial charge in [-0.2, -0.15) is 0 Å². The van der Waals surface area contributed by atoms with Gasteiger partial charge < -0.3 is 16.0 Å². The van der Waals surface area contributed by atoms with Crippen molar-refractivity contribution in [1.29, 1.82) is 0 Å². The first kappa shape index (κ1) is 17.5. The molecule has 1 amide bonds. The normalized spacial score (nSPS) is 46.3. The van der Waals surface area contributed by atoms with Crippen LogP contribution in [0.2, 0.25) is 0 Å². The van der Waals surface area contributed by atoms with Gasteiger partial charge in [-0.05, 0) is 94.3 Å². The van der Waals surface area contributed by atoms with Crippen LogP contribution in [0.4, 0.5) is 0 Å². The van der Waals surface area contributed by atoms with E-state index in [0.717, 1.165) is 30.6 Å². The zero-order chi connectivity index (χ0) is 15.2. The Balaban J connectivity index is 0.00000156. The Morgan fingerprint density at radius 3 is 2.35 bits per heavy atom. The first-order valence-electron chi connectivity index (χ1n) is 9.40. The molecule has 4 saturated heterocycles. The zero-order valence-corrected chi connectivity index (χ0v) is 15.0. The van der Waals surface area contributed by atoms with Crippen molar-refractivity contribution in [3.05, 3.63) is 0 Å². The molecule has 4 nitrogen and oxygen atoms in total. The van der Waals surface area contributed by atoms with Crippen LogP contribution < -0.4 is 11.1 Å². The molecule has 0 radical (unpaired) electrons. The van der Waals surface area contributed by atoms with E-state index in [2.05, 4.69) is 10.2 Å². The summed E-state index contributed by atoms with van der Waals surface area (Å²) in [5.74, 6) is 2.75. The number of amides is 1. The third-order valence-corrected chi connectivity index (χ3v) is 7.56. The number of halogens is 1. The minimum atomic E-state index is -0.0665. The van der Waals surface area contributed by atoms with Gasteiger partial charge in [0.25, 0.3) is 0 Å². The predicted molar refractivity (Wildman–Crippen MR) is 94.5 cm³/mol. The highest BCUT2D eigenvalue weighted by atomic mass is 35.5. The fourth-order valence-corrected chi connectivity index (χ4v) is 6.17. The maximum absolute atomic E-state index is 11.5. The number of fused-ring (bicyclic) bond motifs is 3. The maximum Gasteiger partial charge on any atom is 0.220 e. The first-order valence-corrected chi connectivity index (χ1v) is 9.40. The minimum absolute atomic E-state index is 0. The maximum atomic E-state index is 11.5. The van der Waals surface area contributed by atoms with E-state index < -0.39 is 0 Å². The summed E-state index contributed by atoms with van der Waals surface area (Å²) in [7, 11) is 0. The molecule has 132 valence electrons. The zero-order valence-electron chi connectivity index (χ0n) is 14.1. The molecule has 0 aromatic rings. The second-order valence-electron chi connectivity index (χ2n) is 8.40. The van der Waals surface area contributed by atoms with E-state index in [9.17, 15) is 4.79 Å². The van der Waals surface area contributed by atoms with Gasteiger partial charge in [-0.3, -0.25) is 4.79 Å². The number of carbonyl (C=O) groups is 1. The van der Waals surface area contributed by atoms with Crippen LogP contribution in [0.1, 0.15) is 44.9 Å². The SMILES string of the molecule is Cl.NC(=O)C1CCC2(CCNCC2[C@H]2CN3CCC2CC3)CC1. The number of hydrogen-bond donors (Lipinski definition) is 2. The third-order valence-electron chi connectivity index (χ3n) is 7.56. The highest BCUT2D eigenvalue weighted by molar-refractivity contribution is 5.85. The van der Waals surface area contributed by atoms with E-state index in [4.69, 9.17) is 5.73 Å². The molecule has 5 rings (SSSR count). The summed E-state index contributed by atoms with van der Waals surface area (Å²) in [6.07, 6.45) is 8.68. The van der Waals surface area contributed by atoms with Crippen molar-refractivity contribution in [3.8, 4) is 0 Å². The Labute approximate surface area is 146 Å². The average Bonchev–Trinajstić information content (AvgIpc) is 2.57. The highest BCUT2D eigenvalue weighted by Crippen LogP contribution is 2.53. The van der Waals surface area contributed by atoms with E-state index in [-0.39, 0.29) is 24.2 Å². The van der Waals surface area contributed by atoms with Gasteiger partial charge in [0, 0.05) is 12.5 Å². The Bertz CT molecular complexity index is 428. The van der Waals surface area contributed by atoms with Crippen LogP contribution in [-0.4, -0.2) is 43.5 Å². The molecular weight excluding hydrogens is 310 g/mol. The second-order valence-corrected chi connectivity index (χ2v) is 8.40. The fraction of sp³-hybridized carbons (Fsp3) is 0.944. The number of carbonyl (C=O) groups excluding carboxylic acids is 1. The Morgan fingerprint density at radius 2 is 1.78 bits per heavy atom. The van der Waals surface area contributed by atoms with E-state index in [0.29, 0.717) is 5.41 Å². The van der Waals surface area contributed by atoms with Gasteiger partial charge in [-0.15, -0.1) is 12.4 Å². The molecule has 5 aliphatic rings. The monoisotopic (exact) mass is 341 g/mol. The Kier molecular flexibility index (Phi) is 5.24. The molecule has 5 fully saturated rings. The summed E-state index contributed by atoms with van der Waals surface area (Å²) >= 11 is 0. The van der Waals surface area contributed by atoms with E-state index >= 15 is 0 Å². The molecule has 2 bridgehead atoms. The van der Waals surface area contributed by atoms with Gasteiger partial charge in [0.15, 0.2) is 0 Å².